The van der Waals surface area contributed by atoms with Gasteiger partial charge in [0.05, 0.1) is 6.61 Å². The average Bonchev–Trinajstić information content (AvgIpc) is 2.43. The molecule has 2 unspecified atom stereocenters. The molecule has 0 saturated carbocycles. The molecule has 3 N–H and O–H groups in total. The summed E-state index contributed by atoms with van der Waals surface area (Å²) in [6.45, 7) is -0.181. The molecule has 6 nitrogen and oxygen atoms in total. The molecule has 0 aromatic heterocycles. The van der Waals surface area contributed by atoms with Crippen molar-refractivity contribution in [3.8, 4) is 0 Å². The highest BCUT2D eigenvalue weighted by molar-refractivity contribution is 5.94. The number of benzene rings is 1. The first kappa shape index (κ1) is 15.9. The molecule has 0 bridgehead atoms. The van der Waals surface area contributed by atoms with Gasteiger partial charge >= 0.3 is 5.97 Å². The number of carboxylic acids is 1. The summed E-state index contributed by atoms with van der Waals surface area (Å²) < 4.78 is 4.66. The minimum atomic E-state index is -1.41. The summed E-state index contributed by atoms with van der Waals surface area (Å²) in [5.41, 5.74) is 0.812. The van der Waals surface area contributed by atoms with Gasteiger partial charge in [-0.2, -0.15) is 0 Å². The standard InChI is InChI=1S/C14H17NO5/c1-20-9-11(16)13(14(18)19)15-12(17)8-7-10-5-3-2-4-6-10/h2-8,11,13,16H,9H2,1H3,(H,15,17)(H,18,19). The number of nitrogens with one attached hydrogen (secondary N) is 1. The highest BCUT2D eigenvalue weighted by Gasteiger charge is 2.27. The smallest absolute Gasteiger partial charge is 0.329 e. The summed E-state index contributed by atoms with van der Waals surface area (Å²) in [7, 11) is 1.33. The third-order valence-corrected chi connectivity index (χ3v) is 2.51. The lowest BCUT2D eigenvalue weighted by atomic mass is 10.1. The van der Waals surface area contributed by atoms with Gasteiger partial charge in [0.15, 0.2) is 6.04 Å². The average molecular weight is 279 g/mol. The molecule has 0 aliphatic rings. The lowest BCUT2D eigenvalue weighted by Gasteiger charge is -2.18. The molecule has 1 aromatic rings. The number of carboxylic acid groups (broad SMARTS) is 1. The van der Waals surface area contributed by atoms with E-state index in [2.05, 4.69) is 10.1 Å². The van der Waals surface area contributed by atoms with Crippen LogP contribution < -0.4 is 5.32 Å². The van der Waals surface area contributed by atoms with Crippen LogP contribution in [0.15, 0.2) is 36.4 Å². The Hall–Kier alpha value is -2.18. The number of aliphatic hydroxyl groups excluding tert-OH is 1. The maximum absolute atomic E-state index is 11.6. The zero-order valence-electron chi connectivity index (χ0n) is 11.0. The number of aliphatic hydroxyl groups is 1. The highest BCUT2D eigenvalue weighted by Crippen LogP contribution is 2.01. The number of ether oxygens (including phenoxy) is 1. The van der Waals surface area contributed by atoms with Gasteiger partial charge in [-0.15, -0.1) is 0 Å². The van der Waals surface area contributed by atoms with Crippen LogP contribution in [-0.4, -0.2) is 48.0 Å². The molecule has 0 aliphatic carbocycles. The molecule has 1 amide bonds. The van der Waals surface area contributed by atoms with Crippen molar-refractivity contribution < 1.29 is 24.5 Å². The van der Waals surface area contributed by atoms with Crippen molar-refractivity contribution in [3.63, 3.8) is 0 Å². The summed E-state index contributed by atoms with van der Waals surface area (Å²) in [5, 5.41) is 20.7. The molecular weight excluding hydrogens is 262 g/mol. The second kappa shape index (κ2) is 8.08. The number of rotatable bonds is 7. The van der Waals surface area contributed by atoms with E-state index in [1.165, 1.54) is 13.2 Å². The van der Waals surface area contributed by atoms with Crippen molar-refractivity contribution in [2.24, 2.45) is 0 Å². The number of hydrogen-bond acceptors (Lipinski definition) is 4. The van der Waals surface area contributed by atoms with Crippen LogP contribution in [0.5, 0.6) is 0 Å². The Balaban J connectivity index is 2.63. The third kappa shape index (κ3) is 5.21. The second-order valence-corrected chi connectivity index (χ2v) is 4.09. The molecule has 0 spiro atoms. The number of carbonyl (C=O) groups is 2. The molecule has 0 saturated heterocycles. The van der Waals surface area contributed by atoms with Crippen molar-refractivity contribution in [3.05, 3.63) is 42.0 Å². The third-order valence-electron chi connectivity index (χ3n) is 2.51. The normalized spacial score (nSPS) is 13.9. The second-order valence-electron chi connectivity index (χ2n) is 4.09. The van der Waals surface area contributed by atoms with Crippen LogP contribution in [0.1, 0.15) is 5.56 Å². The van der Waals surface area contributed by atoms with Crippen LogP contribution in [0.25, 0.3) is 6.08 Å². The van der Waals surface area contributed by atoms with Crippen LogP contribution in [0.2, 0.25) is 0 Å². The van der Waals surface area contributed by atoms with E-state index in [9.17, 15) is 14.7 Å². The van der Waals surface area contributed by atoms with E-state index in [0.717, 1.165) is 5.56 Å². The number of hydrogen-bond donors (Lipinski definition) is 3. The van der Waals surface area contributed by atoms with E-state index in [1.807, 2.05) is 18.2 Å². The first-order valence-corrected chi connectivity index (χ1v) is 5.98. The maximum Gasteiger partial charge on any atom is 0.329 e. The quantitative estimate of drug-likeness (QED) is 0.623. The van der Waals surface area contributed by atoms with Crippen molar-refractivity contribution in [1.29, 1.82) is 0 Å². The number of amides is 1. The Morgan fingerprint density at radius 1 is 1.35 bits per heavy atom. The van der Waals surface area contributed by atoms with Gasteiger partial charge in [-0.1, -0.05) is 30.3 Å². The Bertz CT molecular complexity index is 472. The molecule has 1 rings (SSSR count). The van der Waals surface area contributed by atoms with E-state index in [0.29, 0.717) is 0 Å². The van der Waals surface area contributed by atoms with Crippen LogP contribution in [-0.2, 0) is 14.3 Å². The fraction of sp³-hybridized carbons (Fsp3) is 0.286. The van der Waals surface area contributed by atoms with Gasteiger partial charge in [-0.25, -0.2) is 4.79 Å². The summed E-state index contributed by atoms with van der Waals surface area (Å²) >= 11 is 0. The Labute approximate surface area is 116 Å². The van der Waals surface area contributed by atoms with Gasteiger partial charge in [0.1, 0.15) is 6.10 Å². The Morgan fingerprint density at radius 2 is 2.00 bits per heavy atom. The lowest BCUT2D eigenvalue weighted by molar-refractivity contribution is -0.145. The Morgan fingerprint density at radius 3 is 2.55 bits per heavy atom. The van der Waals surface area contributed by atoms with Crippen LogP contribution in [0.3, 0.4) is 0 Å². The molecule has 108 valence electrons. The topological polar surface area (TPSA) is 95.9 Å². The maximum atomic E-state index is 11.6. The molecule has 20 heavy (non-hydrogen) atoms. The zero-order valence-corrected chi connectivity index (χ0v) is 11.0. The summed E-state index contributed by atoms with van der Waals surface area (Å²) in [4.78, 5) is 22.6. The fourth-order valence-electron chi connectivity index (χ4n) is 1.53. The fourth-order valence-corrected chi connectivity index (χ4v) is 1.53. The van der Waals surface area contributed by atoms with E-state index in [1.54, 1.807) is 18.2 Å². The van der Waals surface area contributed by atoms with Gasteiger partial charge in [0, 0.05) is 13.2 Å². The van der Waals surface area contributed by atoms with Crippen LogP contribution >= 0.6 is 0 Å². The van der Waals surface area contributed by atoms with E-state index in [-0.39, 0.29) is 6.61 Å². The number of aliphatic carboxylic acids is 1. The molecule has 2 atom stereocenters. The first-order chi connectivity index (χ1) is 9.54. The molecule has 1 aromatic carbocycles. The van der Waals surface area contributed by atoms with Crippen molar-refractivity contribution in [2.45, 2.75) is 12.1 Å². The van der Waals surface area contributed by atoms with Crippen LogP contribution in [0.4, 0.5) is 0 Å². The molecular formula is C14H17NO5. The largest absolute Gasteiger partial charge is 0.480 e. The highest BCUT2D eigenvalue weighted by atomic mass is 16.5. The number of methoxy groups -OCH3 is 1. The molecule has 0 heterocycles. The van der Waals surface area contributed by atoms with E-state index >= 15 is 0 Å². The zero-order chi connectivity index (χ0) is 15.0. The van der Waals surface area contributed by atoms with Gasteiger partial charge in [0.25, 0.3) is 0 Å². The number of carbonyl (C=O) groups excluding carboxylic acids is 1. The predicted molar refractivity (Wildman–Crippen MR) is 72.9 cm³/mol. The van der Waals surface area contributed by atoms with E-state index < -0.39 is 24.0 Å². The van der Waals surface area contributed by atoms with Crippen molar-refractivity contribution in [1.82, 2.24) is 5.32 Å². The van der Waals surface area contributed by atoms with E-state index in [4.69, 9.17) is 5.11 Å². The molecule has 0 aliphatic heterocycles. The monoisotopic (exact) mass is 279 g/mol. The van der Waals surface area contributed by atoms with Gasteiger partial charge in [0.2, 0.25) is 5.91 Å². The predicted octanol–water partition coefficient (Wildman–Crippen LogP) is 0.276. The Kier molecular flexibility index (Phi) is 6.42. The van der Waals surface area contributed by atoms with Gasteiger partial charge in [-0.3, -0.25) is 4.79 Å². The SMILES string of the molecule is COCC(O)C(NC(=O)C=Cc1ccccc1)C(=O)O. The van der Waals surface area contributed by atoms with Gasteiger partial charge < -0.3 is 20.3 Å². The summed E-state index contributed by atoms with van der Waals surface area (Å²) in [6, 6.07) is 7.68. The molecule has 0 radical (unpaired) electrons. The lowest BCUT2D eigenvalue weighted by Crippen LogP contribution is -2.49. The van der Waals surface area contributed by atoms with Gasteiger partial charge in [-0.05, 0) is 11.6 Å². The minimum absolute atomic E-state index is 0.181. The minimum Gasteiger partial charge on any atom is -0.480 e. The first-order valence-electron chi connectivity index (χ1n) is 5.98. The summed E-state index contributed by atoms with van der Waals surface area (Å²) in [5.74, 6) is -1.92. The van der Waals surface area contributed by atoms with Crippen molar-refractivity contribution >= 4 is 18.0 Å². The van der Waals surface area contributed by atoms with Crippen LogP contribution in [0, 0.1) is 0 Å². The van der Waals surface area contributed by atoms with Crippen molar-refractivity contribution in [2.75, 3.05) is 13.7 Å². The summed E-state index contributed by atoms with van der Waals surface area (Å²) in [6.07, 6.45) is 1.45. The molecule has 0 fully saturated rings. The molecule has 6 heteroatoms.